The monoisotopic (exact) mass is 288 g/mol. The van der Waals surface area contributed by atoms with E-state index in [4.69, 9.17) is 9.47 Å². The van der Waals surface area contributed by atoms with Gasteiger partial charge in [-0.15, -0.1) is 0 Å². The molecule has 0 saturated heterocycles. The fraction of sp³-hybridized carbons (Fsp3) is 0.412. The predicted octanol–water partition coefficient (Wildman–Crippen LogP) is 3.02. The van der Waals surface area contributed by atoms with Crippen LogP contribution in [0.1, 0.15) is 31.2 Å². The third-order valence-electron chi connectivity index (χ3n) is 3.40. The van der Waals surface area contributed by atoms with Gasteiger partial charge in [0.1, 0.15) is 13.2 Å². The van der Waals surface area contributed by atoms with E-state index in [0.717, 1.165) is 24.8 Å². The Kier molecular flexibility index (Phi) is 6.00. The molecule has 0 saturated carbocycles. The Labute approximate surface area is 124 Å². The maximum Gasteiger partial charge on any atom is 0.309 e. The summed E-state index contributed by atoms with van der Waals surface area (Å²) in [5.74, 6) is -0.624. The van der Waals surface area contributed by atoms with Crippen LogP contribution >= 0.6 is 0 Å². The van der Waals surface area contributed by atoms with Crippen LogP contribution in [0.5, 0.6) is 0 Å². The molecule has 1 atom stereocenters. The van der Waals surface area contributed by atoms with Gasteiger partial charge in [0.05, 0.1) is 12.3 Å². The number of carbonyl (C=O) groups excluding carboxylic acids is 2. The first-order chi connectivity index (χ1) is 10.3. The Morgan fingerprint density at radius 2 is 1.90 bits per heavy atom. The molecule has 0 fully saturated rings. The lowest BCUT2D eigenvalue weighted by atomic mass is 9.95. The van der Waals surface area contributed by atoms with Gasteiger partial charge in [-0.3, -0.25) is 9.59 Å². The number of esters is 2. The zero-order valence-electron chi connectivity index (χ0n) is 12.0. The molecule has 4 heteroatoms. The van der Waals surface area contributed by atoms with Crippen molar-refractivity contribution >= 4 is 11.9 Å². The van der Waals surface area contributed by atoms with Crippen molar-refractivity contribution in [3.05, 3.63) is 48.0 Å². The molecule has 1 aliphatic carbocycles. The topological polar surface area (TPSA) is 52.6 Å². The summed E-state index contributed by atoms with van der Waals surface area (Å²) in [6.07, 6.45) is 6.65. The van der Waals surface area contributed by atoms with E-state index in [0.29, 0.717) is 0 Å². The van der Waals surface area contributed by atoms with E-state index < -0.39 is 0 Å². The molecule has 0 heterocycles. The average Bonchev–Trinajstić information content (AvgIpc) is 2.54. The number of hydrogen-bond donors (Lipinski definition) is 0. The van der Waals surface area contributed by atoms with Crippen LogP contribution in [-0.2, 0) is 25.7 Å². The van der Waals surface area contributed by atoms with E-state index in [1.807, 2.05) is 36.4 Å². The van der Waals surface area contributed by atoms with Crippen LogP contribution in [0, 0.1) is 5.92 Å². The number of rotatable bonds is 6. The van der Waals surface area contributed by atoms with Crippen LogP contribution in [0.4, 0.5) is 0 Å². The molecule has 0 aromatic heterocycles. The molecule has 0 spiro atoms. The second kappa shape index (κ2) is 8.25. The van der Waals surface area contributed by atoms with Gasteiger partial charge in [0, 0.05) is 0 Å². The van der Waals surface area contributed by atoms with Gasteiger partial charge >= 0.3 is 11.9 Å². The Bertz CT molecular complexity index is 493. The summed E-state index contributed by atoms with van der Waals surface area (Å²) in [7, 11) is 0. The third kappa shape index (κ3) is 5.42. The largest absolute Gasteiger partial charge is 0.465 e. The molecule has 0 amide bonds. The summed E-state index contributed by atoms with van der Waals surface area (Å²) in [6.45, 7) is 0.341. The maximum atomic E-state index is 11.8. The van der Waals surface area contributed by atoms with Crippen molar-refractivity contribution in [2.24, 2.45) is 5.92 Å². The Morgan fingerprint density at radius 3 is 2.62 bits per heavy atom. The highest BCUT2D eigenvalue weighted by molar-refractivity contribution is 5.74. The molecule has 112 valence electrons. The molecular weight excluding hydrogens is 268 g/mol. The molecule has 0 N–H and O–H groups in total. The zero-order chi connectivity index (χ0) is 14.9. The number of allylic oxidation sites excluding steroid dienone is 2. The Hall–Kier alpha value is -2.10. The molecular formula is C17H20O4. The highest BCUT2D eigenvalue weighted by Crippen LogP contribution is 2.19. The first kappa shape index (κ1) is 15.3. The van der Waals surface area contributed by atoms with Crippen LogP contribution in [0.15, 0.2) is 42.5 Å². The highest BCUT2D eigenvalue weighted by atomic mass is 16.5. The zero-order valence-corrected chi connectivity index (χ0v) is 12.0. The molecule has 2 rings (SSSR count). The van der Waals surface area contributed by atoms with Gasteiger partial charge in [0.15, 0.2) is 0 Å². The molecule has 21 heavy (non-hydrogen) atoms. The minimum Gasteiger partial charge on any atom is -0.465 e. The number of carbonyl (C=O) groups is 2. The van der Waals surface area contributed by atoms with Gasteiger partial charge in [0.2, 0.25) is 0 Å². The van der Waals surface area contributed by atoms with Crippen molar-refractivity contribution in [1.82, 2.24) is 0 Å². The first-order valence-corrected chi connectivity index (χ1v) is 7.27. The van der Waals surface area contributed by atoms with E-state index in [-0.39, 0.29) is 37.5 Å². The minimum atomic E-state index is -0.352. The van der Waals surface area contributed by atoms with E-state index in [2.05, 4.69) is 6.08 Å². The second-order valence-corrected chi connectivity index (χ2v) is 5.05. The third-order valence-corrected chi connectivity index (χ3v) is 3.40. The lowest BCUT2D eigenvalue weighted by Gasteiger charge is -2.16. The Morgan fingerprint density at radius 1 is 1.10 bits per heavy atom. The lowest BCUT2D eigenvalue weighted by molar-refractivity contribution is -0.152. The van der Waals surface area contributed by atoms with Gasteiger partial charge in [-0.05, 0) is 24.8 Å². The summed E-state index contributed by atoms with van der Waals surface area (Å²) < 4.78 is 10.2. The number of hydrogen-bond acceptors (Lipinski definition) is 4. The van der Waals surface area contributed by atoms with E-state index in [1.165, 1.54) is 0 Å². The standard InChI is InChI=1S/C17H20O4/c18-16(21-13-14-7-3-1-4-8-14)11-12-20-17(19)15-9-5-2-6-10-15/h1-5,7-8,15H,6,9-13H2/t15-/m0/s1. The molecule has 0 unspecified atom stereocenters. The van der Waals surface area contributed by atoms with Crippen molar-refractivity contribution in [2.75, 3.05) is 6.61 Å². The molecule has 4 nitrogen and oxygen atoms in total. The average molecular weight is 288 g/mol. The normalized spacial score (nSPS) is 17.2. The molecule has 1 aromatic rings. The van der Waals surface area contributed by atoms with Crippen molar-refractivity contribution in [2.45, 2.75) is 32.3 Å². The summed E-state index contributed by atoms with van der Waals surface area (Å²) in [5.41, 5.74) is 0.942. The molecule has 0 radical (unpaired) electrons. The van der Waals surface area contributed by atoms with Gasteiger partial charge in [-0.2, -0.15) is 0 Å². The van der Waals surface area contributed by atoms with Gasteiger partial charge in [-0.25, -0.2) is 0 Å². The van der Waals surface area contributed by atoms with Crippen LogP contribution in [0.2, 0.25) is 0 Å². The van der Waals surface area contributed by atoms with Crippen molar-refractivity contribution < 1.29 is 19.1 Å². The van der Waals surface area contributed by atoms with Gasteiger partial charge in [-0.1, -0.05) is 42.5 Å². The van der Waals surface area contributed by atoms with E-state index >= 15 is 0 Å². The van der Waals surface area contributed by atoms with Crippen LogP contribution in [-0.4, -0.2) is 18.5 Å². The van der Waals surface area contributed by atoms with Crippen molar-refractivity contribution in [3.63, 3.8) is 0 Å². The molecule has 0 aliphatic heterocycles. The summed E-state index contributed by atoms with van der Waals surface area (Å²) in [6, 6.07) is 9.48. The minimum absolute atomic E-state index is 0.0599. The SMILES string of the molecule is O=C(CCOC(=O)[C@H]1CC=CCC1)OCc1ccccc1. The summed E-state index contributed by atoms with van der Waals surface area (Å²) in [5, 5.41) is 0. The molecule has 1 aliphatic rings. The number of benzene rings is 1. The highest BCUT2D eigenvalue weighted by Gasteiger charge is 2.20. The Balaban J connectivity index is 1.60. The molecule has 1 aromatic carbocycles. The fourth-order valence-corrected chi connectivity index (χ4v) is 2.17. The van der Waals surface area contributed by atoms with E-state index in [9.17, 15) is 9.59 Å². The summed E-state index contributed by atoms with van der Waals surface area (Å²) >= 11 is 0. The van der Waals surface area contributed by atoms with Crippen LogP contribution in [0.3, 0.4) is 0 Å². The quantitative estimate of drug-likeness (QED) is 0.596. The van der Waals surface area contributed by atoms with Crippen LogP contribution < -0.4 is 0 Å². The lowest BCUT2D eigenvalue weighted by Crippen LogP contribution is -2.20. The smallest absolute Gasteiger partial charge is 0.309 e. The van der Waals surface area contributed by atoms with Crippen molar-refractivity contribution in [1.29, 1.82) is 0 Å². The second-order valence-electron chi connectivity index (χ2n) is 5.05. The molecule has 0 bridgehead atoms. The fourth-order valence-electron chi connectivity index (χ4n) is 2.17. The number of ether oxygens (including phenoxy) is 2. The maximum absolute atomic E-state index is 11.8. The van der Waals surface area contributed by atoms with Gasteiger partial charge < -0.3 is 9.47 Å². The predicted molar refractivity (Wildman–Crippen MR) is 78.3 cm³/mol. The summed E-state index contributed by atoms with van der Waals surface area (Å²) in [4.78, 5) is 23.3. The van der Waals surface area contributed by atoms with Gasteiger partial charge in [0.25, 0.3) is 0 Å². The first-order valence-electron chi connectivity index (χ1n) is 7.27. The van der Waals surface area contributed by atoms with Crippen LogP contribution in [0.25, 0.3) is 0 Å². The van der Waals surface area contributed by atoms with Crippen molar-refractivity contribution in [3.8, 4) is 0 Å². The van der Waals surface area contributed by atoms with E-state index in [1.54, 1.807) is 0 Å².